The summed E-state index contributed by atoms with van der Waals surface area (Å²) in [6.07, 6.45) is 0. The summed E-state index contributed by atoms with van der Waals surface area (Å²) in [5.74, 6) is -0.484. The van der Waals surface area contributed by atoms with Gasteiger partial charge >= 0.3 is 0 Å². The first-order valence-corrected chi connectivity index (χ1v) is 10.2. The van der Waals surface area contributed by atoms with Crippen molar-refractivity contribution in [2.45, 2.75) is 39.2 Å². The molecule has 0 spiro atoms. The van der Waals surface area contributed by atoms with Crippen LogP contribution in [0.1, 0.15) is 13.8 Å². The lowest BCUT2D eigenvalue weighted by molar-refractivity contribution is -0.133. The Morgan fingerprint density at radius 3 is 2.07 bits per heavy atom. The molecule has 82 valence electrons. The second-order valence-electron chi connectivity index (χ2n) is 3.98. The highest BCUT2D eigenvalue weighted by Crippen LogP contribution is 2.14. The Kier molecular flexibility index (Phi) is 5.07. The maximum Gasteiger partial charge on any atom is 0.289 e. The molecule has 0 aliphatic rings. The maximum atomic E-state index is 10.8. The van der Waals surface area contributed by atoms with Gasteiger partial charge < -0.3 is 8.85 Å². The van der Waals surface area contributed by atoms with Crippen molar-refractivity contribution in [3.05, 3.63) is 0 Å². The quantitative estimate of drug-likeness (QED) is 0.686. The first kappa shape index (κ1) is 13.4. The molecule has 0 fully saturated rings. The number of hydrogen-bond donors (Lipinski definition) is 0. The Bertz CT molecular complexity index is 227. The molecule has 1 unspecified atom stereocenters. The van der Waals surface area contributed by atoms with Gasteiger partial charge in [0.15, 0.2) is 0 Å². The van der Waals surface area contributed by atoms with Crippen molar-refractivity contribution in [1.29, 1.82) is 0 Å². The first-order valence-electron chi connectivity index (χ1n) is 4.60. The largest absolute Gasteiger partial charge is 0.523 e. The van der Waals surface area contributed by atoms with Gasteiger partial charge in [-0.1, -0.05) is 0 Å². The zero-order valence-corrected chi connectivity index (χ0v) is 11.6. The van der Waals surface area contributed by atoms with E-state index in [0.29, 0.717) is 0 Å². The molecular formula is C8H18O4Si2. The van der Waals surface area contributed by atoms with Crippen molar-refractivity contribution in [2.75, 3.05) is 0 Å². The maximum absolute atomic E-state index is 10.8. The summed E-state index contributed by atoms with van der Waals surface area (Å²) in [6, 6.07) is 0. The van der Waals surface area contributed by atoms with Gasteiger partial charge in [0.1, 0.15) is 0 Å². The molecule has 0 amide bonds. The molecular weight excluding hydrogens is 216 g/mol. The van der Waals surface area contributed by atoms with Crippen LogP contribution in [0.25, 0.3) is 0 Å². The minimum Gasteiger partial charge on any atom is -0.523 e. The molecule has 0 saturated heterocycles. The molecule has 1 atom stereocenters. The second kappa shape index (κ2) is 5.30. The van der Waals surface area contributed by atoms with E-state index < -0.39 is 17.4 Å². The van der Waals surface area contributed by atoms with E-state index in [1.165, 1.54) is 13.8 Å². The molecule has 0 aliphatic heterocycles. The Balaban J connectivity index is 4.07. The Morgan fingerprint density at radius 2 is 1.71 bits per heavy atom. The molecule has 0 aromatic rings. The summed E-state index contributed by atoms with van der Waals surface area (Å²) in [5, 5.41) is 0. The van der Waals surface area contributed by atoms with Gasteiger partial charge in [0.25, 0.3) is 11.9 Å². The van der Waals surface area contributed by atoms with Gasteiger partial charge in [0.2, 0.25) is 17.4 Å². The summed E-state index contributed by atoms with van der Waals surface area (Å²) in [6.45, 7) is 8.68. The molecule has 0 rings (SSSR count). The van der Waals surface area contributed by atoms with E-state index in [9.17, 15) is 9.59 Å². The van der Waals surface area contributed by atoms with Gasteiger partial charge in [-0.3, -0.25) is 9.59 Å². The normalized spacial score (nSPS) is 13.2. The Labute approximate surface area is 87.4 Å². The van der Waals surface area contributed by atoms with Crippen LogP contribution in [0.4, 0.5) is 0 Å². The summed E-state index contributed by atoms with van der Waals surface area (Å²) in [5.41, 5.74) is 0.770. The van der Waals surface area contributed by atoms with Gasteiger partial charge in [0.05, 0.1) is 0 Å². The fourth-order valence-electron chi connectivity index (χ4n) is 1.45. The van der Waals surface area contributed by atoms with E-state index in [1.54, 1.807) is 0 Å². The number of carbonyl (C=O) groups excluding carboxylic acids is 2. The molecule has 0 aromatic carbocycles. The molecule has 0 saturated carbocycles. The van der Waals surface area contributed by atoms with Gasteiger partial charge in [0, 0.05) is 19.5 Å². The van der Waals surface area contributed by atoms with Crippen LogP contribution < -0.4 is 0 Å². The number of rotatable bonds is 4. The Hall–Kier alpha value is -0.626. The summed E-state index contributed by atoms with van der Waals surface area (Å²) in [7, 11) is -3.47. The third kappa shape index (κ3) is 6.84. The highest BCUT2D eigenvalue weighted by Gasteiger charge is 2.30. The highest BCUT2D eigenvalue weighted by molar-refractivity contribution is 6.83. The van der Waals surface area contributed by atoms with E-state index in [0.717, 1.165) is 5.67 Å². The van der Waals surface area contributed by atoms with E-state index >= 15 is 0 Å². The van der Waals surface area contributed by atoms with Gasteiger partial charge in [-0.15, -0.1) is 0 Å². The van der Waals surface area contributed by atoms with Crippen molar-refractivity contribution in [1.82, 2.24) is 0 Å². The lowest BCUT2D eigenvalue weighted by atomic mass is 10.9. The summed E-state index contributed by atoms with van der Waals surface area (Å²) < 4.78 is 10.3. The fourth-order valence-corrected chi connectivity index (χ4v) is 9.00. The Morgan fingerprint density at radius 1 is 1.21 bits per heavy atom. The lowest BCUT2D eigenvalue weighted by Crippen LogP contribution is -2.38. The third-order valence-electron chi connectivity index (χ3n) is 1.57. The SMILES string of the molecule is CC(=O)O[SiH](C)C[Si](C)(C)OC(C)=O. The molecule has 6 heteroatoms. The van der Waals surface area contributed by atoms with E-state index in [-0.39, 0.29) is 11.9 Å². The predicted octanol–water partition coefficient (Wildman–Crippen LogP) is 1.21. The zero-order chi connectivity index (χ0) is 11.4. The minimum absolute atomic E-state index is 0.239. The van der Waals surface area contributed by atoms with Crippen LogP contribution in [0.5, 0.6) is 0 Å². The smallest absolute Gasteiger partial charge is 0.289 e. The van der Waals surface area contributed by atoms with Gasteiger partial charge in [-0.2, -0.15) is 0 Å². The summed E-state index contributed by atoms with van der Waals surface area (Å²) in [4.78, 5) is 21.5. The van der Waals surface area contributed by atoms with Crippen molar-refractivity contribution < 1.29 is 18.4 Å². The van der Waals surface area contributed by atoms with Crippen LogP contribution in [0.2, 0.25) is 25.3 Å². The minimum atomic E-state index is -1.96. The number of hydrogen-bond acceptors (Lipinski definition) is 4. The third-order valence-corrected chi connectivity index (χ3v) is 9.37. The van der Waals surface area contributed by atoms with Crippen LogP contribution in [0, 0.1) is 0 Å². The lowest BCUT2D eigenvalue weighted by Gasteiger charge is -2.24. The molecule has 4 nitrogen and oxygen atoms in total. The predicted molar refractivity (Wildman–Crippen MR) is 58.8 cm³/mol. The molecule has 0 bridgehead atoms. The molecule has 0 aliphatic carbocycles. The molecule has 0 aromatic heterocycles. The monoisotopic (exact) mass is 234 g/mol. The fraction of sp³-hybridized carbons (Fsp3) is 0.750. The van der Waals surface area contributed by atoms with Crippen LogP contribution in [-0.2, 0) is 18.4 Å². The topological polar surface area (TPSA) is 52.6 Å². The molecule has 0 N–H and O–H groups in total. The van der Waals surface area contributed by atoms with Crippen molar-refractivity contribution in [2.24, 2.45) is 0 Å². The van der Waals surface area contributed by atoms with Crippen LogP contribution in [0.3, 0.4) is 0 Å². The van der Waals surface area contributed by atoms with Crippen molar-refractivity contribution >= 4 is 29.3 Å². The van der Waals surface area contributed by atoms with Crippen molar-refractivity contribution in [3.63, 3.8) is 0 Å². The average molecular weight is 234 g/mol. The van der Waals surface area contributed by atoms with Gasteiger partial charge in [-0.05, 0) is 19.6 Å². The van der Waals surface area contributed by atoms with Crippen LogP contribution >= 0.6 is 0 Å². The van der Waals surface area contributed by atoms with E-state index in [4.69, 9.17) is 8.85 Å². The molecule has 0 heterocycles. The first-order chi connectivity index (χ1) is 6.23. The van der Waals surface area contributed by atoms with Crippen molar-refractivity contribution in [3.8, 4) is 0 Å². The van der Waals surface area contributed by atoms with Crippen LogP contribution in [-0.4, -0.2) is 29.3 Å². The standard InChI is InChI=1S/C8H18O4Si2/c1-7(9)11-13(3)6-14(4,5)12-8(2)10/h13H,6H2,1-5H3. The number of carbonyl (C=O) groups is 2. The zero-order valence-electron chi connectivity index (χ0n) is 9.42. The van der Waals surface area contributed by atoms with E-state index in [2.05, 4.69) is 0 Å². The average Bonchev–Trinajstić information content (AvgIpc) is 1.77. The van der Waals surface area contributed by atoms with E-state index in [1.807, 2.05) is 19.6 Å². The molecule has 14 heavy (non-hydrogen) atoms. The highest BCUT2D eigenvalue weighted by atomic mass is 28.4. The molecule has 0 radical (unpaired) electrons. The van der Waals surface area contributed by atoms with Crippen LogP contribution in [0.15, 0.2) is 0 Å². The van der Waals surface area contributed by atoms with Gasteiger partial charge in [-0.25, -0.2) is 0 Å². The summed E-state index contributed by atoms with van der Waals surface area (Å²) >= 11 is 0. The second-order valence-corrected chi connectivity index (χ2v) is 11.2.